The van der Waals surface area contributed by atoms with E-state index in [0.717, 1.165) is 11.1 Å². The molecule has 1 rings (SSSR count). The van der Waals surface area contributed by atoms with Gasteiger partial charge in [0.15, 0.2) is 0 Å². The summed E-state index contributed by atoms with van der Waals surface area (Å²) >= 11 is 0. The monoisotopic (exact) mass is 288 g/mol. The maximum atomic E-state index is 12.9. The Balaban J connectivity index is 3.04. The maximum Gasteiger partial charge on any atom is 0.416 e. The van der Waals surface area contributed by atoms with Crippen LogP contribution < -0.4 is 0 Å². The van der Waals surface area contributed by atoms with Crippen molar-refractivity contribution in [2.45, 2.75) is 40.3 Å². The van der Waals surface area contributed by atoms with Gasteiger partial charge in [-0.2, -0.15) is 13.2 Å². The Labute approximate surface area is 119 Å². The highest BCUT2D eigenvalue weighted by molar-refractivity contribution is 5.35. The Morgan fingerprint density at radius 3 is 2.55 bits per heavy atom. The van der Waals surface area contributed by atoms with E-state index < -0.39 is 11.7 Å². The largest absolute Gasteiger partial charge is 0.416 e. The molecule has 1 aliphatic heterocycles. The number of halogens is 3. The number of allylic oxidation sites excluding steroid dienone is 4. The molecule has 0 aliphatic carbocycles. The van der Waals surface area contributed by atoms with Crippen LogP contribution in [-0.2, 0) is 4.74 Å². The minimum absolute atomic E-state index is 0.163. The van der Waals surface area contributed by atoms with Gasteiger partial charge < -0.3 is 4.74 Å². The zero-order valence-electron chi connectivity index (χ0n) is 12.6. The van der Waals surface area contributed by atoms with Crippen molar-refractivity contribution >= 4 is 0 Å². The van der Waals surface area contributed by atoms with Gasteiger partial charge in [0.2, 0.25) is 0 Å². The second-order valence-electron chi connectivity index (χ2n) is 5.50. The van der Waals surface area contributed by atoms with Crippen molar-refractivity contribution in [3.63, 3.8) is 0 Å². The van der Waals surface area contributed by atoms with E-state index >= 15 is 0 Å². The first-order chi connectivity index (χ1) is 9.27. The smallest absolute Gasteiger partial charge is 0.376 e. The third-order valence-corrected chi connectivity index (χ3v) is 3.51. The zero-order valence-corrected chi connectivity index (χ0v) is 12.6. The highest BCUT2D eigenvalue weighted by atomic mass is 19.4. The molecule has 0 aromatic rings. The number of hydrogen-bond donors (Lipinski definition) is 0. The van der Waals surface area contributed by atoms with E-state index in [9.17, 15) is 13.2 Å². The van der Waals surface area contributed by atoms with Gasteiger partial charge in [0, 0.05) is 5.92 Å². The molecule has 1 unspecified atom stereocenters. The Kier molecular flexibility index (Phi) is 6.06. The molecule has 1 heterocycles. The second kappa shape index (κ2) is 7.11. The number of hydrogen-bond acceptors (Lipinski definition) is 1. The molecular formula is C16H23F3O. The molecule has 0 radical (unpaired) electrons. The fourth-order valence-electron chi connectivity index (χ4n) is 2.32. The Bertz CT molecular complexity index is 414. The topological polar surface area (TPSA) is 9.23 Å². The first kappa shape index (κ1) is 17.0. The predicted molar refractivity (Wildman–Crippen MR) is 75.4 cm³/mol. The van der Waals surface area contributed by atoms with Gasteiger partial charge >= 0.3 is 6.18 Å². The van der Waals surface area contributed by atoms with Gasteiger partial charge in [-0.3, -0.25) is 0 Å². The lowest BCUT2D eigenvalue weighted by Crippen LogP contribution is -2.24. The van der Waals surface area contributed by atoms with Crippen LogP contribution >= 0.6 is 0 Å². The minimum atomic E-state index is -4.29. The summed E-state index contributed by atoms with van der Waals surface area (Å²) in [6.45, 7) is 8.83. The summed E-state index contributed by atoms with van der Waals surface area (Å²) in [4.78, 5) is 0. The fourth-order valence-corrected chi connectivity index (χ4v) is 2.32. The van der Waals surface area contributed by atoms with Crippen molar-refractivity contribution in [2.24, 2.45) is 11.8 Å². The summed E-state index contributed by atoms with van der Waals surface area (Å²) in [6, 6.07) is 0. The van der Waals surface area contributed by atoms with E-state index in [1.165, 1.54) is 12.2 Å². The Morgan fingerprint density at radius 1 is 1.40 bits per heavy atom. The van der Waals surface area contributed by atoms with Gasteiger partial charge in [0.25, 0.3) is 0 Å². The third kappa shape index (κ3) is 4.51. The summed E-state index contributed by atoms with van der Waals surface area (Å²) < 4.78 is 44.0. The number of ether oxygens (including phenoxy) is 1. The molecule has 20 heavy (non-hydrogen) atoms. The summed E-state index contributed by atoms with van der Waals surface area (Å²) in [6.07, 6.45) is 0.115. The van der Waals surface area contributed by atoms with E-state index in [1.54, 1.807) is 13.0 Å². The molecule has 0 bridgehead atoms. The minimum Gasteiger partial charge on any atom is -0.376 e. The molecule has 1 nitrogen and oxygen atoms in total. The van der Waals surface area contributed by atoms with Crippen molar-refractivity contribution in [1.29, 1.82) is 0 Å². The molecule has 0 spiro atoms. The normalized spacial score (nSPS) is 22.2. The molecule has 0 aromatic carbocycles. The summed E-state index contributed by atoms with van der Waals surface area (Å²) in [7, 11) is 0. The van der Waals surface area contributed by atoms with Crippen LogP contribution in [0.4, 0.5) is 13.2 Å². The van der Waals surface area contributed by atoms with Crippen molar-refractivity contribution in [3.8, 4) is 0 Å². The lowest BCUT2D eigenvalue weighted by atomic mass is 9.84. The van der Waals surface area contributed by atoms with Crippen molar-refractivity contribution < 1.29 is 17.9 Å². The van der Waals surface area contributed by atoms with Gasteiger partial charge in [-0.05, 0) is 30.4 Å². The van der Waals surface area contributed by atoms with Crippen LogP contribution in [0.5, 0.6) is 0 Å². The average Bonchev–Trinajstić information content (AvgIpc) is 2.33. The summed E-state index contributed by atoms with van der Waals surface area (Å²) in [5, 5.41) is 0. The summed E-state index contributed by atoms with van der Waals surface area (Å²) in [5.41, 5.74) is 1.43. The van der Waals surface area contributed by atoms with Crippen LogP contribution in [0.25, 0.3) is 0 Å². The molecule has 4 heteroatoms. The molecule has 1 aliphatic rings. The highest BCUT2D eigenvalue weighted by Gasteiger charge is 2.31. The van der Waals surface area contributed by atoms with E-state index in [-0.39, 0.29) is 5.92 Å². The predicted octanol–water partition coefficient (Wildman–Crippen LogP) is 5.06. The molecule has 114 valence electrons. The standard InChI is InChI=1S/C16H23F3O/c1-5-6-13(16(17,18)19)7-8-14-12(4)9-20-10-15(14)11(2)3/h6-8,11,15H,5,9-10H2,1-4H3/b8-7-,13-6-. The van der Waals surface area contributed by atoms with Crippen molar-refractivity contribution in [1.82, 2.24) is 0 Å². The molecular weight excluding hydrogens is 265 g/mol. The highest BCUT2D eigenvalue weighted by Crippen LogP contribution is 2.31. The Morgan fingerprint density at radius 2 is 2.05 bits per heavy atom. The van der Waals surface area contributed by atoms with Gasteiger partial charge in [0.05, 0.1) is 18.8 Å². The molecule has 0 amide bonds. The van der Waals surface area contributed by atoms with Crippen molar-refractivity contribution in [3.05, 3.63) is 34.9 Å². The van der Waals surface area contributed by atoms with Crippen LogP contribution in [0.1, 0.15) is 34.1 Å². The van der Waals surface area contributed by atoms with Crippen molar-refractivity contribution in [2.75, 3.05) is 13.2 Å². The van der Waals surface area contributed by atoms with Crippen LogP contribution in [0, 0.1) is 11.8 Å². The average molecular weight is 288 g/mol. The zero-order chi connectivity index (χ0) is 15.3. The van der Waals surface area contributed by atoms with Crippen LogP contribution in [0.3, 0.4) is 0 Å². The maximum absolute atomic E-state index is 12.9. The van der Waals surface area contributed by atoms with Gasteiger partial charge in [-0.25, -0.2) is 0 Å². The van der Waals surface area contributed by atoms with E-state index in [4.69, 9.17) is 4.74 Å². The third-order valence-electron chi connectivity index (χ3n) is 3.51. The van der Waals surface area contributed by atoms with Gasteiger partial charge in [-0.15, -0.1) is 0 Å². The molecule has 0 saturated heterocycles. The second-order valence-corrected chi connectivity index (χ2v) is 5.50. The molecule has 1 atom stereocenters. The molecule has 0 saturated carbocycles. The quantitative estimate of drug-likeness (QED) is 0.657. The lowest BCUT2D eigenvalue weighted by molar-refractivity contribution is -0.0884. The van der Waals surface area contributed by atoms with Gasteiger partial charge in [0.1, 0.15) is 0 Å². The van der Waals surface area contributed by atoms with Crippen LogP contribution in [0.2, 0.25) is 0 Å². The van der Waals surface area contributed by atoms with Crippen LogP contribution in [0.15, 0.2) is 34.9 Å². The molecule has 0 fully saturated rings. The summed E-state index contributed by atoms with van der Waals surface area (Å²) in [5.74, 6) is 0.505. The Hall–Kier alpha value is -1.03. The first-order valence-corrected chi connectivity index (χ1v) is 7.00. The lowest BCUT2D eigenvalue weighted by Gasteiger charge is -2.29. The fraction of sp³-hybridized carbons (Fsp3) is 0.625. The SMILES string of the molecule is CC/C=C(/C=C\C1=C(C)COCC1C(C)C)C(F)(F)F. The van der Waals surface area contributed by atoms with Crippen LogP contribution in [-0.4, -0.2) is 19.4 Å². The molecule has 0 N–H and O–H groups in total. The number of rotatable bonds is 4. The van der Waals surface area contributed by atoms with E-state index in [0.29, 0.717) is 25.6 Å². The first-order valence-electron chi connectivity index (χ1n) is 7.00. The number of alkyl halides is 3. The van der Waals surface area contributed by atoms with E-state index in [2.05, 4.69) is 13.8 Å². The van der Waals surface area contributed by atoms with Gasteiger partial charge in [-0.1, -0.05) is 39.0 Å². The molecule has 0 aromatic heterocycles. The van der Waals surface area contributed by atoms with E-state index in [1.807, 2.05) is 6.92 Å².